The summed E-state index contributed by atoms with van der Waals surface area (Å²) in [6.07, 6.45) is 14.7. The molecule has 0 spiro atoms. The van der Waals surface area contributed by atoms with Gasteiger partial charge in [-0.25, -0.2) is 51.4 Å². The van der Waals surface area contributed by atoms with Crippen molar-refractivity contribution in [3.05, 3.63) is 0 Å². The zero-order valence-corrected chi connectivity index (χ0v) is 62.5. The number of fused-ring (bicyclic) bond motifs is 10. The quantitative estimate of drug-likeness (QED) is 0.0597. The molecular formula is C68H120N20O20. The van der Waals surface area contributed by atoms with Crippen LogP contribution in [0.15, 0.2) is 0 Å². The fourth-order valence-electron chi connectivity index (χ4n) is 16.7. The first kappa shape index (κ1) is 85.1. The monoisotopic (exact) mass is 1540 g/mol. The van der Waals surface area contributed by atoms with E-state index in [1.54, 1.807) is 24.5 Å². The van der Waals surface area contributed by atoms with Crippen LogP contribution in [0.25, 0.3) is 0 Å². The molecule has 15 fully saturated rings. The predicted octanol–water partition coefficient (Wildman–Crippen LogP) is -0.543. The summed E-state index contributed by atoms with van der Waals surface area (Å²) in [5.74, 6) is -0.759. The largest absolute Gasteiger partial charge is 0.345 e. The maximum absolute atomic E-state index is 12.3. The number of likely N-dealkylation sites (tertiary alicyclic amines) is 3. The van der Waals surface area contributed by atoms with Gasteiger partial charge in [0, 0.05) is 76.4 Å². The maximum atomic E-state index is 12.3. The Balaban J connectivity index is 0.000000155. The minimum Gasteiger partial charge on any atom is -0.314 e. The van der Waals surface area contributed by atoms with Crippen LogP contribution in [0.1, 0.15) is 124 Å². The lowest BCUT2D eigenvalue weighted by Crippen LogP contribution is -2.51. The van der Waals surface area contributed by atoms with E-state index < -0.39 is 30.2 Å². The zero-order chi connectivity index (χ0) is 75.3. The Labute approximate surface area is 632 Å². The lowest BCUT2D eigenvalue weighted by molar-refractivity contribution is -0.143. The molecule has 15 aliphatic heterocycles. The molecule has 0 radical (unpaired) electrons. The molecule has 40 nitrogen and oxygen atoms in total. The van der Waals surface area contributed by atoms with Crippen LogP contribution in [0, 0.1) is 5.92 Å². The van der Waals surface area contributed by atoms with E-state index in [9.17, 15) is 47.9 Å². The van der Waals surface area contributed by atoms with E-state index in [4.69, 9.17) is 48.4 Å². The molecule has 14 atom stereocenters. The Bertz CT molecular complexity index is 3040. The summed E-state index contributed by atoms with van der Waals surface area (Å²) in [6, 6.07) is -2.23. The third-order valence-electron chi connectivity index (χ3n) is 23.0. The van der Waals surface area contributed by atoms with Crippen LogP contribution in [0.3, 0.4) is 0 Å². The van der Waals surface area contributed by atoms with E-state index in [1.807, 2.05) is 7.05 Å². The lowest BCUT2D eigenvalue weighted by Gasteiger charge is -2.35. The number of likely N-dealkylation sites (N-methyl/N-ethyl adjacent to an activating group) is 2. The van der Waals surface area contributed by atoms with Gasteiger partial charge in [0.25, 0.3) is 29.5 Å². The minimum atomic E-state index is -0.469. The number of carbonyl (C=O) groups is 10. The second-order valence-electron chi connectivity index (χ2n) is 29.7. The Kier molecular flexibility index (Phi) is 31.4. The molecule has 15 heterocycles. The SMILES string of the molecule is C.C.CON1C(=O)N2C[C@H]1CC[C@H]2C(=O)NOCC1CN(C)C1.CON1C(=O)N2C[C@H]1CC[C@H]2C(=O)NOC[C@@H]1CCCCN1C.CON1C(=O)N2C[C@H]1CC[C@H]2C(=O)NOC[C@@H]1CCN1.CON1C(=O)N2C[C@H]1CC[C@H]2C(=O)NOC[C@H]1CCCN1C.CON1C(=O)N2C[C@H]1CC[C@H]2C(=O)NO[C@H]1CCNC1. The standard InChI is InChI=1S/C15H26N4O4.C14H24N4O4.C13H22N4O4.2C12H20N4O4.2CH4/c1-17-8-4-3-5-12(17)10-23-16-14(20)13-7-6-11-9-18(13)15(21)19(11)22-2;1-16-7-3-4-11(16)9-22-15-13(19)12-6-5-10-8-17(12)14(20)18(10)21-2;1-15-5-9(6-15)8-21-14-12(18)11-4-3-10-7-16(11)13(19)17(10)20-2;1-19-16-9-2-3-10(15(6-9)12(16)18)11(17)14-20-7-8-4-5-13-8;1-19-16-8-2-3-10(15(7-8)12(16)18)11(17)14-20-9-4-5-13-6-9;;/h11-13H,3-10H2,1-2H3,(H,16,20);10-12H,3-9H2,1-2H3,(H,15,19);9-11H,3-8H2,1-2H3,(H,14,18);2*8-10,13H,2-7H2,1H3,(H,14,17);2*1H4/t11-,12+,13+;10-,11-,12+;10-,11+;8-,9+,10-;8-,9+,10+;;/m11101../s1. The van der Waals surface area contributed by atoms with Gasteiger partial charge in [-0.1, -0.05) is 21.3 Å². The van der Waals surface area contributed by atoms with Crippen LogP contribution in [-0.2, 0) is 72.3 Å². The van der Waals surface area contributed by atoms with Gasteiger partial charge in [0.15, 0.2) is 0 Å². The van der Waals surface area contributed by atoms with Crippen molar-refractivity contribution in [2.75, 3.05) is 162 Å². The van der Waals surface area contributed by atoms with Gasteiger partial charge in [-0.2, -0.15) is 25.3 Å². The van der Waals surface area contributed by atoms with E-state index in [1.165, 1.54) is 73.7 Å². The van der Waals surface area contributed by atoms with Crippen molar-refractivity contribution >= 4 is 59.7 Å². The molecule has 0 aliphatic carbocycles. The third-order valence-corrected chi connectivity index (χ3v) is 23.0. The Morgan fingerprint density at radius 3 is 1.00 bits per heavy atom. The van der Waals surface area contributed by atoms with Crippen molar-refractivity contribution in [2.45, 2.75) is 209 Å². The summed E-state index contributed by atoms with van der Waals surface area (Å²) in [6.45, 7) is 11.4. The summed E-state index contributed by atoms with van der Waals surface area (Å²) < 4.78 is 0. The van der Waals surface area contributed by atoms with Gasteiger partial charge in [0.05, 0.1) is 98.3 Å². The molecule has 0 unspecified atom stereocenters. The number of hydrogen-bond acceptors (Lipinski definition) is 25. The highest BCUT2D eigenvalue weighted by atomic mass is 16.7. The van der Waals surface area contributed by atoms with Crippen LogP contribution in [0.4, 0.5) is 24.0 Å². The van der Waals surface area contributed by atoms with Crippen molar-refractivity contribution in [1.82, 2.24) is 103 Å². The Morgan fingerprint density at radius 1 is 0.380 bits per heavy atom. The lowest BCUT2D eigenvalue weighted by atomic mass is 10.0. The first-order valence-corrected chi connectivity index (χ1v) is 37.6. The molecule has 15 aliphatic rings. The minimum absolute atomic E-state index is 0. The highest BCUT2D eigenvalue weighted by molar-refractivity contribution is 5.91. The number of hydroxylamine groups is 15. The number of nitrogens with one attached hydrogen (secondary N) is 7. The topological polar surface area (TPSA) is 389 Å². The maximum Gasteiger partial charge on any atom is 0.345 e. The van der Waals surface area contributed by atoms with Crippen LogP contribution < -0.4 is 38.0 Å². The number of carbonyl (C=O) groups excluding carboxylic acids is 10. The van der Waals surface area contributed by atoms with Crippen LogP contribution in [-0.4, -0.2) is 371 Å². The predicted molar refractivity (Wildman–Crippen MR) is 382 cm³/mol. The highest BCUT2D eigenvalue weighted by Crippen LogP contribution is 2.35. The molecular weight excluding hydrogens is 1420 g/mol. The van der Waals surface area contributed by atoms with Gasteiger partial charge in [-0.05, 0) is 150 Å². The summed E-state index contributed by atoms with van der Waals surface area (Å²) in [7, 11) is 13.6. The molecule has 612 valence electrons. The highest BCUT2D eigenvalue weighted by Gasteiger charge is 2.53. The van der Waals surface area contributed by atoms with Crippen LogP contribution in [0.2, 0.25) is 0 Å². The fraction of sp³-hybridized carbons (Fsp3) is 0.853. The van der Waals surface area contributed by atoms with Gasteiger partial charge in [0.2, 0.25) is 0 Å². The third kappa shape index (κ3) is 19.9. The summed E-state index contributed by atoms with van der Waals surface area (Å²) in [5, 5.41) is 13.1. The molecule has 10 bridgehead atoms. The fourth-order valence-corrected chi connectivity index (χ4v) is 16.7. The molecule has 15 saturated heterocycles. The first-order valence-electron chi connectivity index (χ1n) is 37.6. The van der Waals surface area contributed by atoms with Crippen LogP contribution in [0.5, 0.6) is 0 Å². The molecule has 40 heteroatoms. The average Bonchev–Trinajstić information content (AvgIpc) is 1.66. The van der Waals surface area contributed by atoms with Gasteiger partial charge in [-0.3, -0.25) is 72.3 Å². The van der Waals surface area contributed by atoms with E-state index in [2.05, 4.69) is 66.8 Å². The normalized spacial score (nSPS) is 31.1. The first-order chi connectivity index (χ1) is 51.2. The summed E-state index contributed by atoms with van der Waals surface area (Å²) in [5.41, 5.74) is 12.5. The van der Waals surface area contributed by atoms with E-state index in [0.717, 1.165) is 110 Å². The van der Waals surface area contributed by atoms with E-state index in [0.29, 0.717) is 115 Å². The molecule has 15 amide bonds. The van der Waals surface area contributed by atoms with E-state index in [-0.39, 0.29) is 111 Å². The molecule has 0 aromatic carbocycles. The Hall–Kier alpha value is -6.90. The van der Waals surface area contributed by atoms with E-state index >= 15 is 0 Å². The molecule has 7 N–H and O–H groups in total. The van der Waals surface area contributed by atoms with Gasteiger partial charge in [0.1, 0.15) is 30.2 Å². The van der Waals surface area contributed by atoms with Gasteiger partial charge >= 0.3 is 30.2 Å². The van der Waals surface area contributed by atoms with Gasteiger partial charge in [-0.15, -0.1) is 0 Å². The summed E-state index contributed by atoms with van der Waals surface area (Å²) >= 11 is 0. The van der Waals surface area contributed by atoms with Crippen molar-refractivity contribution in [3.8, 4) is 0 Å². The van der Waals surface area contributed by atoms with Crippen LogP contribution >= 0.6 is 0 Å². The second kappa shape index (κ2) is 39.8. The molecule has 15 rings (SSSR count). The number of rotatable bonds is 24. The number of urea groups is 5. The van der Waals surface area contributed by atoms with Gasteiger partial charge < -0.3 is 49.8 Å². The molecule has 0 aromatic rings. The number of nitrogens with zero attached hydrogens (tertiary/aromatic N) is 13. The number of amides is 15. The molecule has 0 aromatic heterocycles. The van der Waals surface area contributed by atoms with Crippen molar-refractivity contribution in [3.63, 3.8) is 0 Å². The second-order valence-corrected chi connectivity index (χ2v) is 29.7. The number of piperidine rings is 6. The smallest absolute Gasteiger partial charge is 0.314 e. The summed E-state index contributed by atoms with van der Waals surface area (Å²) in [4.78, 5) is 188. The molecule has 108 heavy (non-hydrogen) atoms. The van der Waals surface area contributed by atoms with Crippen molar-refractivity contribution in [1.29, 1.82) is 0 Å². The average molecular weight is 1540 g/mol. The molecule has 0 saturated carbocycles. The number of hydrogen-bond donors (Lipinski definition) is 7. The van der Waals surface area contributed by atoms with Crippen molar-refractivity contribution in [2.24, 2.45) is 5.92 Å². The van der Waals surface area contributed by atoms with Crippen molar-refractivity contribution < 1.29 is 96.3 Å². The zero-order valence-electron chi connectivity index (χ0n) is 62.5. The Morgan fingerprint density at radius 2 is 0.704 bits per heavy atom.